The van der Waals surface area contributed by atoms with Crippen molar-refractivity contribution >= 4 is 17.6 Å². The van der Waals surface area contributed by atoms with Crippen molar-refractivity contribution < 1.29 is 18.7 Å². The number of carboxylic acids is 1. The highest BCUT2D eigenvalue weighted by molar-refractivity contribution is 6.33. The van der Waals surface area contributed by atoms with Crippen LogP contribution in [-0.2, 0) is 0 Å². The highest BCUT2D eigenvalue weighted by Crippen LogP contribution is 2.31. The predicted molar refractivity (Wildman–Crippen MR) is 63.8 cm³/mol. The average molecular weight is 269 g/mol. The number of carboxylic acid groups (broad SMARTS) is 1. The van der Waals surface area contributed by atoms with Gasteiger partial charge in [-0.05, 0) is 36.4 Å². The first-order chi connectivity index (χ1) is 8.49. The Kier molecular flexibility index (Phi) is 3.30. The lowest BCUT2D eigenvalue weighted by atomic mass is 10.0. The second kappa shape index (κ2) is 4.74. The topological polar surface area (TPSA) is 37.3 Å². The molecule has 92 valence electrons. The fourth-order valence-corrected chi connectivity index (χ4v) is 1.79. The van der Waals surface area contributed by atoms with Crippen molar-refractivity contribution in [3.63, 3.8) is 0 Å². The second-order valence-electron chi connectivity index (χ2n) is 3.62. The fourth-order valence-electron chi connectivity index (χ4n) is 1.57. The van der Waals surface area contributed by atoms with Crippen LogP contribution < -0.4 is 0 Å². The van der Waals surface area contributed by atoms with Crippen LogP contribution in [0.25, 0.3) is 11.1 Å². The summed E-state index contributed by atoms with van der Waals surface area (Å²) >= 11 is 5.88. The Bertz CT molecular complexity index is 626. The first kappa shape index (κ1) is 12.5. The Morgan fingerprint density at radius 3 is 2.44 bits per heavy atom. The van der Waals surface area contributed by atoms with Gasteiger partial charge in [0, 0.05) is 16.1 Å². The van der Waals surface area contributed by atoms with Crippen LogP contribution in [0.5, 0.6) is 0 Å². The molecule has 0 aliphatic heterocycles. The van der Waals surface area contributed by atoms with Crippen LogP contribution >= 0.6 is 11.6 Å². The van der Waals surface area contributed by atoms with Gasteiger partial charge in [-0.25, -0.2) is 13.6 Å². The van der Waals surface area contributed by atoms with Crippen molar-refractivity contribution in [2.24, 2.45) is 0 Å². The minimum atomic E-state index is -1.16. The summed E-state index contributed by atoms with van der Waals surface area (Å²) in [6.45, 7) is 0. The third-order valence-electron chi connectivity index (χ3n) is 2.43. The van der Waals surface area contributed by atoms with Gasteiger partial charge in [0.15, 0.2) is 0 Å². The van der Waals surface area contributed by atoms with Gasteiger partial charge in [-0.3, -0.25) is 0 Å². The van der Waals surface area contributed by atoms with Crippen LogP contribution in [0.15, 0.2) is 36.4 Å². The molecule has 0 amide bonds. The maximum Gasteiger partial charge on any atom is 0.335 e. The molecule has 0 aliphatic rings. The largest absolute Gasteiger partial charge is 0.478 e. The summed E-state index contributed by atoms with van der Waals surface area (Å²) in [4.78, 5) is 10.8. The minimum Gasteiger partial charge on any atom is -0.478 e. The molecule has 0 saturated carbocycles. The number of aromatic carboxylic acids is 1. The molecule has 0 saturated heterocycles. The molecule has 2 nitrogen and oxygen atoms in total. The Labute approximate surface area is 106 Å². The van der Waals surface area contributed by atoms with Crippen molar-refractivity contribution in [3.8, 4) is 11.1 Å². The van der Waals surface area contributed by atoms with Crippen molar-refractivity contribution in [1.29, 1.82) is 0 Å². The van der Waals surface area contributed by atoms with Gasteiger partial charge in [-0.1, -0.05) is 11.6 Å². The molecule has 0 heterocycles. The molecule has 2 aromatic carbocycles. The van der Waals surface area contributed by atoms with Gasteiger partial charge >= 0.3 is 5.97 Å². The molecule has 0 radical (unpaired) electrons. The standard InChI is InChI=1S/C13H7ClF2O2/c14-11-3-1-7(13(17)18)5-9(11)10-6-8(15)2-4-12(10)16/h1-6H,(H,17,18). The van der Waals surface area contributed by atoms with Crippen molar-refractivity contribution in [3.05, 3.63) is 58.6 Å². The van der Waals surface area contributed by atoms with Gasteiger partial charge in [-0.2, -0.15) is 0 Å². The average Bonchev–Trinajstić information content (AvgIpc) is 2.33. The number of benzene rings is 2. The van der Waals surface area contributed by atoms with E-state index in [0.29, 0.717) is 0 Å². The molecule has 0 aliphatic carbocycles. The van der Waals surface area contributed by atoms with E-state index in [-0.39, 0.29) is 21.7 Å². The number of rotatable bonds is 2. The van der Waals surface area contributed by atoms with Crippen LogP contribution in [0.1, 0.15) is 10.4 Å². The van der Waals surface area contributed by atoms with Crippen LogP contribution in [0, 0.1) is 11.6 Å². The highest BCUT2D eigenvalue weighted by Gasteiger charge is 2.13. The SMILES string of the molecule is O=C(O)c1ccc(Cl)c(-c2cc(F)ccc2F)c1. The third kappa shape index (κ3) is 2.33. The summed E-state index contributed by atoms with van der Waals surface area (Å²) in [5, 5.41) is 9.02. The van der Waals surface area contributed by atoms with Crippen molar-refractivity contribution in [2.75, 3.05) is 0 Å². The van der Waals surface area contributed by atoms with E-state index < -0.39 is 17.6 Å². The number of hydrogen-bond donors (Lipinski definition) is 1. The number of hydrogen-bond acceptors (Lipinski definition) is 1. The summed E-state index contributed by atoms with van der Waals surface area (Å²) < 4.78 is 26.7. The van der Waals surface area contributed by atoms with Gasteiger partial charge in [0.2, 0.25) is 0 Å². The molecule has 18 heavy (non-hydrogen) atoms. The van der Waals surface area contributed by atoms with Gasteiger partial charge in [-0.15, -0.1) is 0 Å². The lowest BCUT2D eigenvalue weighted by molar-refractivity contribution is 0.0697. The van der Waals surface area contributed by atoms with Gasteiger partial charge in [0.05, 0.1) is 5.56 Å². The summed E-state index contributed by atoms with van der Waals surface area (Å²) in [5.41, 5.74) is 0.0368. The van der Waals surface area contributed by atoms with E-state index in [9.17, 15) is 13.6 Å². The molecule has 5 heteroatoms. The Balaban J connectivity index is 2.66. The lowest BCUT2D eigenvalue weighted by Crippen LogP contribution is -1.97. The van der Waals surface area contributed by atoms with Crippen molar-refractivity contribution in [1.82, 2.24) is 0 Å². The molecular weight excluding hydrogens is 262 g/mol. The molecule has 1 N–H and O–H groups in total. The Morgan fingerprint density at radius 1 is 1.06 bits per heavy atom. The molecule has 0 fully saturated rings. The summed E-state index contributed by atoms with van der Waals surface area (Å²) in [6.07, 6.45) is 0. The van der Waals surface area contributed by atoms with Crippen molar-refractivity contribution in [2.45, 2.75) is 0 Å². The van der Waals surface area contributed by atoms with E-state index in [4.69, 9.17) is 16.7 Å². The third-order valence-corrected chi connectivity index (χ3v) is 2.76. The van der Waals surface area contributed by atoms with Crippen LogP contribution in [0.3, 0.4) is 0 Å². The van der Waals surface area contributed by atoms with E-state index >= 15 is 0 Å². The van der Waals surface area contributed by atoms with E-state index in [1.807, 2.05) is 0 Å². The molecule has 2 aromatic rings. The zero-order chi connectivity index (χ0) is 13.3. The maximum absolute atomic E-state index is 13.6. The number of carbonyl (C=O) groups is 1. The summed E-state index contributed by atoms with van der Waals surface area (Å²) in [5.74, 6) is -2.45. The maximum atomic E-state index is 13.6. The first-order valence-corrected chi connectivity index (χ1v) is 5.35. The predicted octanol–water partition coefficient (Wildman–Crippen LogP) is 3.98. The molecule has 0 aromatic heterocycles. The normalized spacial score (nSPS) is 10.4. The Hall–Kier alpha value is -1.94. The smallest absolute Gasteiger partial charge is 0.335 e. The zero-order valence-corrected chi connectivity index (χ0v) is 9.71. The van der Waals surface area contributed by atoms with Gasteiger partial charge < -0.3 is 5.11 Å². The monoisotopic (exact) mass is 268 g/mol. The quantitative estimate of drug-likeness (QED) is 0.894. The van der Waals surface area contributed by atoms with E-state index in [2.05, 4.69) is 0 Å². The summed E-state index contributed by atoms with van der Waals surface area (Å²) in [7, 11) is 0. The first-order valence-electron chi connectivity index (χ1n) is 4.97. The van der Waals surface area contributed by atoms with Gasteiger partial charge in [0.1, 0.15) is 11.6 Å². The molecule has 0 unspecified atom stereocenters. The van der Waals surface area contributed by atoms with Crippen LogP contribution in [0.4, 0.5) is 8.78 Å². The van der Waals surface area contributed by atoms with E-state index in [1.165, 1.54) is 18.2 Å². The highest BCUT2D eigenvalue weighted by atomic mass is 35.5. The van der Waals surface area contributed by atoms with E-state index in [1.54, 1.807) is 0 Å². The zero-order valence-electron chi connectivity index (χ0n) is 8.95. The Morgan fingerprint density at radius 2 is 1.78 bits per heavy atom. The fraction of sp³-hybridized carbons (Fsp3) is 0. The molecule has 2 rings (SSSR count). The lowest BCUT2D eigenvalue weighted by Gasteiger charge is -2.07. The second-order valence-corrected chi connectivity index (χ2v) is 4.03. The summed E-state index contributed by atoms with van der Waals surface area (Å²) in [6, 6.07) is 6.77. The molecule has 0 atom stereocenters. The molecule has 0 spiro atoms. The molecular formula is C13H7ClF2O2. The van der Waals surface area contributed by atoms with E-state index in [0.717, 1.165) is 18.2 Å². The minimum absolute atomic E-state index is 0.0435. The number of halogens is 3. The molecule has 0 bridgehead atoms. The van der Waals surface area contributed by atoms with Crippen LogP contribution in [-0.4, -0.2) is 11.1 Å². The van der Waals surface area contributed by atoms with Crippen LogP contribution in [0.2, 0.25) is 5.02 Å². The van der Waals surface area contributed by atoms with Gasteiger partial charge in [0.25, 0.3) is 0 Å².